The number of aromatic nitrogens is 3. The van der Waals surface area contributed by atoms with Gasteiger partial charge >= 0.3 is 5.97 Å². The molecule has 6 heteroatoms. The fourth-order valence-corrected chi connectivity index (χ4v) is 2.55. The van der Waals surface area contributed by atoms with Crippen LogP contribution < -0.4 is 0 Å². The van der Waals surface area contributed by atoms with Crippen molar-refractivity contribution in [1.82, 2.24) is 15.0 Å². The van der Waals surface area contributed by atoms with E-state index in [1.807, 2.05) is 18.2 Å². The fraction of sp³-hybridized carbons (Fsp3) is 0.133. The monoisotopic (exact) mass is 281 g/mol. The average molecular weight is 281 g/mol. The van der Waals surface area contributed by atoms with Gasteiger partial charge in [-0.05, 0) is 23.3 Å². The third-order valence-electron chi connectivity index (χ3n) is 3.62. The Morgan fingerprint density at radius 2 is 2.10 bits per heavy atom. The van der Waals surface area contributed by atoms with Crippen LogP contribution in [-0.2, 0) is 18.0 Å². The second-order valence-electron chi connectivity index (χ2n) is 4.92. The summed E-state index contributed by atoms with van der Waals surface area (Å²) >= 11 is 0. The molecule has 0 aliphatic carbocycles. The lowest BCUT2D eigenvalue weighted by Crippen LogP contribution is -1.97. The number of carboxylic acid groups (broad SMARTS) is 1. The van der Waals surface area contributed by atoms with Crippen LogP contribution in [0.25, 0.3) is 22.6 Å². The predicted molar refractivity (Wildman–Crippen MR) is 74.8 cm³/mol. The molecule has 6 nitrogen and oxygen atoms in total. The number of rotatable bonds is 2. The number of carboxylic acids is 1. The molecular weight excluding hydrogens is 270 g/mol. The van der Waals surface area contributed by atoms with E-state index >= 15 is 0 Å². The summed E-state index contributed by atoms with van der Waals surface area (Å²) < 4.78 is 5.39. The number of aromatic carboxylic acids is 1. The predicted octanol–water partition coefficient (Wildman–Crippen LogP) is 2.35. The number of imidazole rings is 1. The van der Waals surface area contributed by atoms with Crippen LogP contribution in [-0.4, -0.2) is 26.0 Å². The average Bonchev–Trinajstić information content (AvgIpc) is 3.11. The first kappa shape index (κ1) is 12.0. The molecule has 0 spiro atoms. The van der Waals surface area contributed by atoms with Gasteiger partial charge < -0.3 is 14.8 Å². The Kier molecular flexibility index (Phi) is 2.52. The lowest BCUT2D eigenvalue weighted by molar-refractivity contribution is 0.0698. The Labute approximate surface area is 119 Å². The molecule has 1 aliphatic heterocycles. The van der Waals surface area contributed by atoms with Crippen molar-refractivity contribution in [1.29, 1.82) is 0 Å². The van der Waals surface area contributed by atoms with Gasteiger partial charge in [0.25, 0.3) is 0 Å². The molecule has 104 valence electrons. The molecule has 2 aromatic heterocycles. The summed E-state index contributed by atoms with van der Waals surface area (Å²) in [7, 11) is 0. The molecule has 0 unspecified atom stereocenters. The van der Waals surface area contributed by atoms with Crippen LogP contribution in [0.1, 0.15) is 21.5 Å². The minimum absolute atomic E-state index is 0.170. The number of nitrogens with zero attached hydrogens (tertiary/aromatic N) is 2. The highest BCUT2D eigenvalue weighted by Gasteiger charge is 2.16. The van der Waals surface area contributed by atoms with Gasteiger partial charge in [-0.15, -0.1) is 0 Å². The normalized spacial score (nSPS) is 13.5. The maximum Gasteiger partial charge on any atom is 0.338 e. The molecule has 0 radical (unpaired) electrons. The molecule has 0 saturated heterocycles. The highest BCUT2D eigenvalue weighted by molar-refractivity contribution is 6.00. The number of carbonyl (C=O) groups is 1. The number of H-pyrrole nitrogens is 1. The van der Waals surface area contributed by atoms with Gasteiger partial charge in [0.15, 0.2) is 5.65 Å². The molecule has 2 N–H and O–H groups in total. The summed E-state index contributed by atoms with van der Waals surface area (Å²) in [5, 5.41) is 9.20. The number of pyridine rings is 1. The second-order valence-corrected chi connectivity index (χ2v) is 4.92. The van der Waals surface area contributed by atoms with Crippen molar-refractivity contribution < 1.29 is 14.6 Å². The van der Waals surface area contributed by atoms with Gasteiger partial charge in [0.05, 0.1) is 24.3 Å². The highest BCUT2D eigenvalue weighted by Crippen LogP contribution is 2.27. The molecule has 0 atom stereocenters. The van der Waals surface area contributed by atoms with Crippen LogP contribution in [0.3, 0.4) is 0 Å². The topological polar surface area (TPSA) is 88.1 Å². The van der Waals surface area contributed by atoms with Gasteiger partial charge in [0.1, 0.15) is 5.82 Å². The molecule has 0 bridgehead atoms. The van der Waals surface area contributed by atoms with Crippen molar-refractivity contribution in [3.63, 3.8) is 0 Å². The molecule has 3 aromatic rings. The Bertz CT molecular complexity index is 870. The standard InChI is InChI=1S/C15H11N3O3/c19-15(20)11-3-4-16-14-12(11)17-13(18-14)8-1-2-9-6-21-7-10(9)5-8/h1-5H,6-7H2,(H,19,20)(H,16,17,18). The van der Waals surface area contributed by atoms with Crippen molar-refractivity contribution in [2.75, 3.05) is 0 Å². The van der Waals surface area contributed by atoms with Gasteiger partial charge in [-0.1, -0.05) is 12.1 Å². The zero-order valence-electron chi connectivity index (χ0n) is 11.0. The van der Waals surface area contributed by atoms with Gasteiger partial charge in [0.2, 0.25) is 0 Å². The van der Waals surface area contributed by atoms with Crippen molar-refractivity contribution in [3.8, 4) is 11.4 Å². The first-order valence-electron chi connectivity index (χ1n) is 6.50. The number of nitrogens with one attached hydrogen (secondary N) is 1. The summed E-state index contributed by atoms with van der Waals surface area (Å²) in [5.74, 6) is -0.388. The summed E-state index contributed by atoms with van der Waals surface area (Å²) in [6.45, 7) is 1.24. The summed E-state index contributed by atoms with van der Waals surface area (Å²) in [5.41, 5.74) is 4.23. The van der Waals surface area contributed by atoms with Crippen LogP contribution in [0, 0.1) is 0 Å². The smallest absolute Gasteiger partial charge is 0.338 e. The van der Waals surface area contributed by atoms with E-state index < -0.39 is 5.97 Å². The van der Waals surface area contributed by atoms with E-state index in [1.165, 1.54) is 17.8 Å². The highest BCUT2D eigenvalue weighted by atomic mass is 16.5. The fourth-order valence-electron chi connectivity index (χ4n) is 2.55. The maximum atomic E-state index is 11.2. The number of hydrogen-bond acceptors (Lipinski definition) is 4. The third-order valence-corrected chi connectivity index (χ3v) is 3.62. The second kappa shape index (κ2) is 4.39. The lowest BCUT2D eigenvalue weighted by atomic mass is 10.1. The number of benzene rings is 1. The van der Waals surface area contributed by atoms with Gasteiger partial charge in [-0.25, -0.2) is 14.8 Å². The largest absolute Gasteiger partial charge is 0.478 e. The summed E-state index contributed by atoms with van der Waals surface area (Å²) in [4.78, 5) is 22.8. The van der Waals surface area contributed by atoms with Crippen LogP contribution >= 0.6 is 0 Å². The summed E-state index contributed by atoms with van der Waals surface area (Å²) in [6.07, 6.45) is 1.45. The van der Waals surface area contributed by atoms with E-state index in [1.54, 1.807) is 0 Å². The summed E-state index contributed by atoms with van der Waals surface area (Å²) in [6, 6.07) is 7.44. The number of aromatic amines is 1. The van der Waals surface area contributed by atoms with E-state index in [0.29, 0.717) is 30.2 Å². The maximum absolute atomic E-state index is 11.2. The van der Waals surface area contributed by atoms with E-state index in [0.717, 1.165) is 11.1 Å². The zero-order chi connectivity index (χ0) is 14.4. The molecule has 3 heterocycles. The number of hydrogen-bond donors (Lipinski definition) is 2. The van der Waals surface area contributed by atoms with Crippen LogP contribution in [0.2, 0.25) is 0 Å². The van der Waals surface area contributed by atoms with Crippen molar-refractivity contribution in [2.45, 2.75) is 13.2 Å². The Morgan fingerprint density at radius 1 is 1.24 bits per heavy atom. The minimum Gasteiger partial charge on any atom is -0.478 e. The Balaban J connectivity index is 1.87. The van der Waals surface area contributed by atoms with Crippen LogP contribution in [0.5, 0.6) is 0 Å². The van der Waals surface area contributed by atoms with E-state index in [4.69, 9.17) is 4.74 Å². The van der Waals surface area contributed by atoms with Crippen molar-refractivity contribution in [3.05, 3.63) is 47.2 Å². The van der Waals surface area contributed by atoms with Crippen LogP contribution in [0.15, 0.2) is 30.5 Å². The minimum atomic E-state index is -1.00. The third kappa shape index (κ3) is 1.88. The lowest BCUT2D eigenvalue weighted by Gasteiger charge is -2.00. The molecule has 4 rings (SSSR count). The van der Waals surface area contributed by atoms with Gasteiger partial charge in [-0.2, -0.15) is 0 Å². The quantitative estimate of drug-likeness (QED) is 0.752. The molecular formula is C15H11N3O3. The van der Waals surface area contributed by atoms with Crippen LogP contribution in [0.4, 0.5) is 0 Å². The zero-order valence-corrected chi connectivity index (χ0v) is 11.0. The number of fused-ring (bicyclic) bond motifs is 2. The first-order chi connectivity index (χ1) is 10.2. The van der Waals surface area contributed by atoms with Gasteiger partial charge in [0, 0.05) is 11.8 Å². The number of ether oxygens (including phenoxy) is 1. The van der Waals surface area contributed by atoms with E-state index in [-0.39, 0.29) is 5.56 Å². The molecule has 0 saturated carbocycles. The van der Waals surface area contributed by atoms with E-state index in [2.05, 4.69) is 15.0 Å². The van der Waals surface area contributed by atoms with Crippen molar-refractivity contribution >= 4 is 17.1 Å². The first-order valence-corrected chi connectivity index (χ1v) is 6.50. The molecule has 1 aliphatic rings. The molecule has 1 aromatic carbocycles. The SMILES string of the molecule is O=C(O)c1ccnc2nc(-c3ccc4c(c3)COC4)[nH]c12. The van der Waals surface area contributed by atoms with Crippen molar-refractivity contribution in [2.24, 2.45) is 0 Å². The van der Waals surface area contributed by atoms with Gasteiger partial charge in [-0.3, -0.25) is 0 Å². The molecule has 21 heavy (non-hydrogen) atoms. The molecule has 0 fully saturated rings. The van der Waals surface area contributed by atoms with E-state index in [9.17, 15) is 9.90 Å². The Hall–Kier alpha value is -2.73. The Morgan fingerprint density at radius 3 is 2.95 bits per heavy atom. The molecule has 0 amide bonds.